The SMILES string of the molecule is CCOC(=O)[C@@H](Cc1cc(O[Si](C)(C)C(C)(C)C)ccc1OCc1ccnc(-c2ccccc2OC)n1)Oc1ncnc2oc(-c3ccc(F)cc3)c(-c3ccc(O[C@@H](CO)CN4CCN(C)CC4)c(Cl)c3C)c12. The third-order valence-electron chi connectivity index (χ3n) is 13.6. The minimum Gasteiger partial charge on any atom is -0.543 e. The van der Waals surface area contributed by atoms with E-state index in [1.54, 1.807) is 44.5 Å². The van der Waals surface area contributed by atoms with E-state index >= 15 is 0 Å². The fourth-order valence-corrected chi connectivity index (χ4v) is 9.64. The maximum absolute atomic E-state index is 14.4. The number of rotatable bonds is 20. The number of hydrogen-bond acceptors (Lipinski definition) is 15. The molecule has 18 heteroatoms. The summed E-state index contributed by atoms with van der Waals surface area (Å²) >= 11 is 7.18. The van der Waals surface area contributed by atoms with Gasteiger partial charge in [-0.3, -0.25) is 4.90 Å². The van der Waals surface area contributed by atoms with Crippen LogP contribution in [0.25, 0.3) is 44.9 Å². The molecular formula is C56H64ClFN6O9Si. The summed E-state index contributed by atoms with van der Waals surface area (Å²) in [6, 6.07) is 24.3. The number of hydrogen-bond donors (Lipinski definition) is 1. The fourth-order valence-electron chi connectivity index (χ4n) is 8.41. The number of likely N-dealkylation sites (N-methyl/N-ethyl adjacent to an activating group) is 1. The Bertz CT molecular complexity index is 3070. The van der Waals surface area contributed by atoms with Crippen LogP contribution in [0, 0.1) is 12.7 Å². The van der Waals surface area contributed by atoms with E-state index in [0.717, 1.165) is 31.7 Å². The van der Waals surface area contributed by atoms with Crippen molar-refractivity contribution in [2.75, 3.05) is 60.1 Å². The number of methoxy groups -OCH3 is 1. The number of furan rings is 1. The Morgan fingerprint density at radius 1 is 0.919 bits per heavy atom. The van der Waals surface area contributed by atoms with Gasteiger partial charge < -0.3 is 42.5 Å². The normalized spacial score (nSPS) is 14.4. The van der Waals surface area contributed by atoms with Crippen molar-refractivity contribution in [3.05, 3.63) is 125 Å². The standard InChI is InChI=1S/C56H64ClFN6O9Si/c1-10-68-55(66)47(30-37-29-40(73-74(8,9)56(3,4)5)19-21-44(37)69-33-39-23-24-59-52(62-39)43-13-11-12-14-45(43)67-7)71-53-49-48(51(72-54(49)61-34-60-53)36-15-17-38(58)18-16-36)42-20-22-46(50(57)35(42)2)70-41(32-65)31-64-27-25-63(6)26-28-64/h11-24,29,34,41,47,65H,10,25-28,30-33H2,1-9H3/t41-,47-/m1/s1. The lowest BCUT2D eigenvalue weighted by molar-refractivity contribution is -0.151. The molecule has 3 aromatic heterocycles. The summed E-state index contributed by atoms with van der Waals surface area (Å²) in [5, 5.41) is 10.9. The van der Waals surface area contributed by atoms with E-state index in [4.69, 9.17) is 49.1 Å². The van der Waals surface area contributed by atoms with Gasteiger partial charge in [-0.05, 0) is 117 Å². The number of piperazine rings is 1. The van der Waals surface area contributed by atoms with Crippen LogP contribution < -0.4 is 23.4 Å². The molecule has 1 aliphatic heterocycles. The second-order valence-electron chi connectivity index (χ2n) is 19.8. The van der Waals surface area contributed by atoms with E-state index in [2.05, 4.69) is 65.7 Å². The van der Waals surface area contributed by atoms with Gasteiger partial charge in [0.1, 0.15) is 59.0 Å². The number of esters is 1. The molecule has 0 amide bonds. The lowest BCUT2D eigenvalue weighted by Crippen LogP contribution is -2.48. The molecular weight excluding hydrogens is 983 g/mol. The van der Waals surface area contributed by atoms with E-state index < -0.39 is 32.3 Å². The molecule has 0 bridgehead atoms. The molecule has 2 atom stereocenters. The Kier molecular flexibility index (Phi) is 16.9. The Labute approximate surface area is 437 Å². The molecule has 8 rings (SSSR count). The van der Waals surface area contributed by atoms with Crippen molar-refractivity contribution in [3.63, 3.8) is 0 Å². The number of para-hydroxylation sites is 1. The Morgan fingerprint density at radius 2 is 1.66 bits per heavy atom. The van der Waals surface area contributed by atoms with E-state index in [1.807, 2.05) is 55.5 Å². The van der Waals surface area contributed by atoms with E-state index in [9.17, 15) is 14.3 Å². The monoisotopic (exact) mass is 1050 g/mol. The maximum Gasteiger partial charge on any atom is 0.347 e. The summed E-state index contributed by atoms with van der Waals surface area (Å²) in [7, 11) is 1.35. The van der Waals surface area contributed by atoms with Crippen LogP contribution in [-0.4, -0.2) is 121 Å². The molecule has 15 nitrogen and oxygen atoms in total. The summed E-state index contributed by atoms with van der Waals surface area (Å²) in [6.45, 7) is 18.4. The molecule has 0 unspecified atom stereocenters. The summed E-state index contributed by atoms with van der Waals surface area (Å²) in [5.41, 5.74) is 4.31. The van der Waals surface area contributed by atoms with Crippen LogP contribution in [0.1, 0.15) is 44.5 Å². The number of fused-ring (bicyclic) bond motifs is 1. The van der Waals surface area contributed by atoms with Crippen LogP contribution in [-0.2, 0) is 22.6 Å². The van der Waals surface area contributed by atoms with Crippen LogP contribution in [0.5, 0.6) is 28.9 Å². The zero-order valence-electron chi connectivity index (χ0n) is 43.4. The smallest absolute Gasteiger partial charge is 0.347 e. The van der Waals surface area contributed by atoms with Crippen LogP contribution in [0.4, 0.5) is 4.39 Å². The molecule has 1 N–H and O–H groups in total. The number of aliphatic hydroxyl groups excluding tert-OH is 1. The molecule has 0 aliphatic carbocycles. The molecule has 1 fully saturated rings. The highest BCUT2D eigenvalue weighted by Gasteiger charge is 2.39. The number of ether oxygens (including phenoxy) is 5. The molecule has 1 saturated heterocycles. The molecule has 4 heterocycles. The molecule has 1 aliphatic rings. The van der Waals surface area contributed by atoms with Gasteiger partial charge >= 0.3 is 5.97 Å². The van der Waals surface area contributed by atoms with Crippen molar-refractivity contribution in [1.82, 2.24) is 29.7 Å². The quantitative estimate of drug-likeness (QED) is 0.0566. The average molecular weight is 1050 g/mol. The number of aromatic nitrogens is 4. The van der Waals surface area contributed by atoms with Gasteiger partial charge in [0.2, 0.25) is 26.0 Å². The van der Waals surface area contributed by atoms with Gasteiger partial charge in [-0.2, -0.15) is 0 Å². The van der Waals surface area contributed by atoms with Crippen molar-refractivity contribution in [2.45, 2.75) is 78.0 Å². The van der Waals surface area contributed by atoms with E-state index in [0.29, 0.717) is 85.0 Å². The Balaban J connectivity index is 1.18. The zero-order valence-corrected chi connectivity index (χ0v) is 45.2. The summed E-state index contributed by atoms with van der Waals surface area (Å²) < 4.78 is 58.7. The van der Waals surface area contributed by atoms with Crippen LogP contribution >= 0.6 is 11.6 Å². The van der Waals surface area contributed by atoms with Crippen molar-refractivity contribution in [3.8, 4) is 62.7 Å². The maximum atomic E-state index is 14.4. The molecule has 4 aromatic carbocycles. The lowest BCUT2D eigenvalue weighted by Gasteiger charge is -2.36. The minimum atomic E-state index is -2.34. The predicted octanol–water partition coefficient (Wildman–Crippen LogP) is 10.6. The van der Waals surface area contributed by atoms with Crippen LogP contribution in [0.2, 0.25) is 23.2 Å². The molecule has 74 heavy (non-hydrogen) atoms. The van der Waals surface area contributed by atoms with Crippen molar-refractivity contribution in [2.24, 2.45) is 0 Å². The third kappa shape index (κ3) is 12.3. The van der Waals surface area contributed by atoms with Gasteiger partial charge in [-0.15, -0.1) is 0 Å². The zero-order chi connectivity index (χ0) is 52.7. The number of benzene rings is 4. The highest BCUT2D eigenvalue weighted by molar-refractivity contribution is 6.74. The predicted molar refractivity (Wildman–Crippen MR) is 285 cm³/mol. The van der Waals surface area contributed by atoms with Gasteiger partial charge in [0, 0.05) is 62.0 Å². The second kappa shape index (κ2) is 23.3. The fraction of sp³-hybridized carbons (Fsp3) is 0.375. The highest BCUT2D eigenvalue weighted by atomic mass is 35.5. The molecule has 0 spiro atoms. The van der Waals surface area contributed by atoms with Crippen LogP contribution in [0.3, 0.4) is 0 Å². The largest absolute Gasteiger partial charge is 0.543 e. The number of nitrogens with zero attached hydrogens (tertiary/aromatic N) is 6. The third-order valence-corrected chi connectivity index (χ3v) is 18.4. The number of halogens is 2. The van der Waals surface area contributed by atoms with Crippen molar-refractivity contribution in [1.29, 1.82) is 0 Å². The van der Waals surface area contributed by atoms with Crippen LogP contribution in [0.15, 0.2) is 102 Å². The molecule has 390 valence electrons. The minimum absolute atomic E-state index is 0.0181. The first-order valence-corrected chi connectivity index (χ1v) is 28.0. The van der Waals surface area contributed by atoms with Gasteiger partial charge in [0.05, 0.1) is 36.6 Å². The number of aliphatic hydroxyl groups is 1. The lowest BCUT2D eigenvalue weighted by atomic mass is 9.95. The molecule has 0 saturated carbocycles. The van der Waals surface area contributed by atoms with Gasteiger partial charge in [-0.1, -0.05) is 50.6 Å². The number of carbonyl (C=O) groups excluding carboxylic acids is 1. The van der Waals surface area contributed by atoms with Crippen molar-refractivity contribution < 1.29 is 46.8 Å². The van der Waals surface area contributed by atoms with Gasteiger partial charge in [0.25, 0.3) is 0 Å². The average Bonchev–Trinajstić information content (AvgIpc) is 3.77. The van der Waals surface area contributed by atoms with E-state index in [-0.39, 0.29) is 42.9 Å². The molecule has 7 aromatic rings. The van der Waals surface area contributed by atoms with E-state index in [1.165, 1.54) is 18.5 Å². The first-order chi connectivity index (χ1) is 35.5. The first kappa shape index (κ1) is 53.7. The first-order valence-electron chi connectivity index (χ1n) is 24.7. The van der Waals surface area contributed by atoms with Gasteiger partial charge in [0.15, 0.2) is 5.82 Å². The topological polar surface area (TPSA) is 164 Å². The molecule has 0 radical (unpaired) electrons. The Morgan fingerprint density at radius 3 is 2.38 bits per heavy atom. The number of carbonyl (C=O) groups is 1. The van der Waals surface area contributed by atoms with Gasteiger partial charge in [-0.25, -0.2) is 29.1 Å². The Hall–Kier alpha value is -6.63. The summed E-state index contributed by atoms with van der Waals surface area (Å²) in [6.07, 6.45) is 1.09. The second-order valence-corrected chi connectivity index (χ2v) is 24.9. The summed E-state index contributed by atoms with van der Waals surface area (Å²) in [4.78, 5) is 37.2. The summed E-state index contributed by atoms with van der Waals surface area (Å²) in [5.74, 6) is 1.83. The van der Waals surface area contributed by atoms with Crippen molar-refractivity contribution >= 4 is 37.0 Å². The highest BCUT2D eigenvalue weighted by Crippen LogP contribution is 2.47.